The third-order valence-corrected chi connectivity index (χ3v) is 3.55. The molecule has 3 aromatic rings. The average molecular weight is 325 g/mol. The van der Waals surface area contributed by atoms with Gasteiger partial charge in [-0.1, -0.05) is 72.3 Å². The number of nitrogens with zero attached hydrogens (tertiary/aromatic N) is 1. The summed E-state index contributed by atoms with van der Waals surface area (Å²) in [6.45, 7) is 0. The lowest BCUT2D eigenvalue weighted by Crippen LogP contribution is -2.07. The molecule has 0 saturated carbocycles. The van der Waals surface area contributed by atoms with Crippen LogP contribution in [0.1, 0.15) is 11.1 Å². The molecule has 3 rings (SSSR count). The predicted octanol–water partition coefficient (Wildman–Crippen LogP) is 5.34. The number of halogens is 2. The summed E-state index contributed by atoms with van der Waals surface area (Å²) in [7, 11) is 0. The van der Waals surface area contributed by atoms with Gasteiger partial charge in [0.15, 0.2) is 0 Å². The van der Waals surface area contributed by atoms with Gasteiger partial charge in [0, 0.05) is 16.1 Å². The fourth-order valence-electron chi connectivity index (χ4n) is 2.19. The molecule has 0 radical (unpaired) electrons. The third kappa shape index (κ3) is 3.76. The van der Waals surface area contributed by atoms with Gasteiger partial charge in [-0.3, -0.25) is 5.43 Å². The Morgan fingerprint density at radius 2 is 1.39 bits per heavy atom. The van der Waals surface area contributed by atoms with Gasteiger partial charge in [0.2, 0.25) is 0 Å². The van der Waals surface area contributed by atoms with Crippen molar-refractivity contribution in [2.45, 2.75) is 0 Å². The van der Waals surface area contributed by atoms with Crippen molar-refractivity contribution in [3.63, 3.8) is 0 Å². The van der Waals surface area contributed by atoms with E-state index in [0.29, 0.717) is 5.02 Å². The Balaban J connectivity index is 2.00. The maximum atomic E-state index is 13.8. The molecule has 0 bridgehead atoms. The van der Waals surface area contributed by atoms with Crippen molar-refractivity contribution in [1.29, 1.82) is 0 Å². The molecule has 0 aliphatic rings. The van der Waals surface area contributed by atoms with E-state index in [0.717, 1.165) is 16.8 Å². The molecule has 0 fully saturated rings. The summed E-state index contributed by atoms with van der Waals surface area (Å²) in [5, 5.41) is 4.85. The summed E-state index contributed by atoms with van der Waals surface area (Å²) < 4.78 is 13.8. The van der Waals surface area contributed by atoms with E-state index in [1.807, 2.05) is 60.7 Å². The summed E-state index contributed by atoms with van der Waals surface area (Å²) >= 11 is 5.91. The topological polar surface area (TPSA) is 24.4 Å². The van der Waals surface area contributed by atoms with Crippen LogP contribution in [0.15, 0.2) is 84.0 Å². The van der Waals surface area contributed by atoms with Crippen molar-refractivity contribution in [2.24, 2.45) is 5.10 Å². The molecule has 2 nitrogen and oxygen atoms in total. The highest BCUT2D eigenvalue weighted by atomic mass is 35.5. The monoisotopic (exact) mass is 324 g/mol. The van der Waals surface area contributed by atoms with Gasteiger partial charge in [0.25, 0.3) is 0 Å². The maximum Gasteiger partial charge on any atom is 0.148 e. The lowest BCUT2D eigenvalue weighted by Gasteiger charge is -2.09. The Labute approximate surface area is 139 Å². The first-order chi connectivity index (χ1) is 11.2. The lowest BCUT2D eigenvalue weighted by atomic mass is 10.0. The van der Waals surface area contributed by atoms with E-state index in [-0.39, 0.29) is 5.69 Å². The predicted molar refractivity (Wildman–Crippen MR) is 93.6 cm³/mol. The molecule has 1 N–H and O–H groups in total. The second-order valence-corrected chi connectivity index (χ2v) is 5.36. The molecule has 0 heterocycles. The number of hydrogen-bond donors (Lipinski definition) is 1. The third-order valence-electron chi connectivity index (χ3n) is 3.31. The number of hydrazone groups is 1. The minimum atomic E-state index is -0.404. The van der Waals surface area contributed by atoms with Crippen LogP contribution in [0.4, 0.5) is 10.1 Å². The second-order valence-electron chi connectivity index (χ2n) is 4.93. The molecule has 0 aliphatic carbocycles. The molecule has 0 amide bonds. The van der Waals surface area contributed by atoms with Crippen molar-refractivity contribution in [3.8, 4) is 0 Å². The molecule has 114 valence electrons. The fourth-order valence-corrected chi connectivity index (χ4v) is 2.36. The Morgan fingerprint density at radius 1 is 0.826 bits per heavy atom. The minimum absolute atomic E-state index is 0.238. The van der Waals surface area contributed by atoms with Gasteiger partial charge in [-0.05, 0) is 18.2 Å². The van der Waals surface area contributed by atoms with Crippen LogP contribution in [0.3, 0.4) is 0 Å². The van der Waals surface area contributed by atoms with Crippen LogP contribution in [-0.2, 0) is 0 Å². The lowest BCUT2D eigenvalue weighted by molar-refractivity contribution is 0.631. The molecule has 0 aliphatic heterocycles. The maximum absolute atomic E-state index is 13.8. The zero-order valence-electron chi connectivity index (χ0n) is 12.2. The number of anilines is 1. The van der Waals surface area contributed by atoms with Crippen molar-refractivity contribution in [1.82, 2.24) is 0 Å². The van der Waals surface area contributed by atoms with E-state index < -0.39 is 5.82 Å². The highest BCUT2D eigenvalue weighted by Crippen LogP contribution is 2.20. The Bertz CT molecular complexity index is 776. The van der Waals surface area contributed by atoms with E-state index in [2.05, 4.69) is 10.5 Å². The molecule has 0 atom stereocenters. The zero-order chi connectivity index (χ0) is 16.1. The fraction of sp³-hybridized carbons (Fsp3) is 0. The van der Waals surface area contributed by atoms with E-state index in [4.69, 9.17) is 11.6 Å². The second kappa shape index (κ2) is 7.07. The quantitative estimate of drug-likeness (QED) is 0.508. The van der Waals surface area contributed by atoms with Gasteiger partial charge in [-0.15, -0.1) is 0 Å². The summed E-state index contributed by atoms with van der Waals surface area (Å²) in [6.07, 6.45) is 0. The van der Waals surface area contributed by atoms with Crippen molar-refractivity contribution in [3.05, 3.63) is 101 Å². The van der Waals surface area contributed by atoms with Crippen LogP contribution in [0.25, 0.3) is 0 Å². The summed E-state index contributed by atoms with van der Waals surface area (Å²) in [5.74, 6) is -0.404. The molecular weight excluding hydrogens is 311 g/mol. The van der Waals surface area contributed by atoms with E-state index in [9.17, 15) is 4.39 Å². The van der Waals surface area contributed by atoms with Crippen LogP contribution in [0, 0.1) is 5.82 Å². The Morgan fingerprint density at radius 3 is 1.96 bits per heavy atom. The normalized spacial score (nSPS) is 10.2. The van der Waals surface area contributed by atoms with E-state index >= 15 is 0 Å². The Kier molecular flexibility index (Phi) is 4.69. The molecule has 0 unspecified atom stereocenters. The van der Waals surface area contributed by atoms with Gasteiger partial charge in [-0.25, -0.2) is 4.39 Å². The summed E-state index contributed by atoms with van der Waals surface area (Å²) in [4.78, 5) is 0. The van der Waals surface area contributed by atoms with Crippen molar-refractivity contribution < 1.29 is 4.39 Å². The first-order valence-electron chi connectivity index (χ1n) is 7.13. The van der Waals surface area contributed by atoms with Gasteiger partial charge < -0.3 is 0 Å². The SMILES string of the molecule is Fc1ccc(Cl)cc1NN=C(c1ccccc1)c1ccccc1. The van der Waals surface area contributed by atoms with Crippen LogP contribution >= 0.6 is 11.6 Å². The smallest absolute Gasteiger partial charge is 0.148 e. The standard InChI is InChI=1S/C19H14ClFN2/c20-16-11-12-17(21)18(13-16)22-23-19(14-7-3-1-4-8-14)15-9-5-2-6-10-15/h1-13,22H. The zero-order valence-corrected chi connectivity index (χ0v) is 13.0. The van der Waals surface area contributed by atoms with Gasteiger partial charge >= 0.3 is 0 Å². The van der Waals surface area contributed by atoms with Gasteiger partial charge in [-0.2, -0.15) is 5.10 Å². The first kappa shape index (κ1) is 15.3. The van der Waals surface area contributed by atoms with Gasteiger partial charge in [0.05, 0.1) is 11.4 Å². The molecule has 0 aromatic heterocycles. The minimum Gasteiger partial charge on any atom is -0.275 e. The Hall–Kier alpha value is -2.65. The van der Waals surface area contributed by atoms with Crippen LogP contribution in [-0.4, -0.2) is 5.71 Å². The molecular formula is C19H14ClFN2. The number of rotatable bonds is 4. The summed E-state index contributed by atoms with van der Waals surface area (Å²) in [6, 6.07) is 23.8. The molecule has 23 heavy (non-hydrogen) atoms. The molecule has 4 heteroatoms. The number of hydrogen-bond acceptors (Lipinski definition) is 2. The largest absolute Gasteiger partial charge is 0.275 e. The van der Waals surface area contributed by atoms with Gasteiger partial charge in [0.1, 0.15) is 5.82 Å². The molecule has 3 aromatic carbocycles. The van der Waals surface area contributed by atoms with Crippen molar-refractivity contribution >= 4 is 23.0 Å². The number of nitrogens with one attached hydrogen (secondary N) is 1. The van der Waals surface area contributed by atoms with Crippen LogP contribution in [0.2, 0.25) is 5.02 Å². The average Bonchev–Trinajstić information content (AvgIpc) is 2.60. The van der Waals surface area contributed by atoms with Crippen molar-refractivity contribution in [2.75, 3.05) is 5.43 Å². The molecule has 0 spiro atoms. The van der Waals surface area contributed by atoms with Crippen LogP contribution in [0.5, 0.6) is 0 Å². The highest BCUT2D eigenvalue weighted by molar-refractivity contribution is 6.30. The highest BCUT2D eigenvalue weighted by Gasteiger charge is 2.08. The summed E-state index contributed by atoms with van der Waals surface area (Å²) in [5.41, 5.74) is 5.62. The molecule has 0 saturated heterocycles. The van der Waals surface area contributed by atoms with Crippen LogP contribution < -0.4 is 5.43 Å². The van der Waals surface area contributed by atoms with E-state index in [1.54, 1.807) is 0 Å². The number of benzene rings is 3. The first-order valence-corrected chi connectivity index (χ1v) is 7.51. The van der Waals surface area contributed by atoms with E-state index in [1.165, 1.54) is 18.2 Å².